The van der Waals surface area contributed by atoms with E-state index in [4.69, 9.17) is 0 Å². The summed E-state index contributed by atoms with van der Waals surface area (Å²) >= 11 is 0. The van der Waals surface area contributed by atoms with E-state index in [0.717, 1.165) is 51.4 Å². The number of aliphatic hydroxyl groups is 2. The van der Waals surface area contributed by atoms with E-state index in [9.17, 15) is 23.4 Å². The van der Waals surface area contributed by atoms with Crippen molar-refractivity contribution in [3.63, 3.8) is 0 Å². The van der Waals surface area contributed by atoms with Crippen LogP contribution >= 0.6 is 0 Å². The van der Waals surface area contributed by atoms with Gasteiger partial charge in [-0.15, -0.1) is 0 Å². The molecule has 0 bridgehead atoms. The Bertz CT molecular complexity index is 1040. The maximum absolute atomic E-state index is 12.9. The van der Waals surface area contributed by atoms with Crippen LogP contribution in [0.5, 0.6) is 0 Å². The number of amides is 1. The number of nitrogens with zero attached hydrogens (tertiary/aromatic N) is 1. The number of sulfone groups is 1. The largest absolute Gasteiger partial charge is 0.393 e. The molecule has 5 fully saturated rings. The predicted molar refractivity (Wildman–Crippen MR) is 164 cm³/mol. The maximum Gasteiger partial charge on any atom is 0.237 e. The summed E-state index contributed by atoms with van der Waals surface area (Å²) in [6.07, 6.45) is 13.4. The van der Waals surface area contributed by atoms with Crippen molar-refractivity contribution in [2.45, 2.75) is 135 Å². The van der Waals surface area contributed by atoms with Crippen molar-refractivity contribution in [1.29, 1.82) is 0 Å². The molecule has 0 unspecified atom stereocenters. The highest BCUT2D eigenvalue weighted by Gasteiger charge is 2.64. The first-order chi connectivity index (χ1) is 19.3. The van der Waals surface area contributed by atoms with Gasteiger partial charge < -0.3 is 15.1 Å². The first-order valence-electron chi connectivity index (χ1n) is 17.1. The molecule has 5 aliphatic rings. The summed E-state index contributed by atoms with van der Waals surface area (Å²) < 4.78 is 25.8. The maximum atomic E-state index is 12.9. The number of hydrogen-bond acceptors (Lipinski definition) is 5. The van der Waals surface area contributed by atoms with Crippen molar-refractivity contribution in [3.05, 3.63) is 0 Å². The van der Waals surface area contributed by atoms with Crippen molar-refractivity contribution >= 4 is 15.7 Å². The van der Waals surface area contributed by atoms with Gasteiger partial charge in [-0.1, -0.05) is 53.4 Å². The van der Waals surface area contributed by atoms with Crippen LogP contribution in [0.4, 0.5) is 0 Å². The van der Waals surface area contributed by atoms with Gasteiger partial charge in [0.2, 0.25) is 5.91 Å². The van der Waals surface area contributed by atoms with Crippen LogP contribution in [0, 0.1) is 52.3 Å². The van der Waals surface area contributed by atoms with Crippen LogP contribution in [-0.4, -0.2) is 66.2 Å². The Morgan fingerprint density at radius 1 is 0.927 bits per heavy atom. The Morgan fingerprint density at radius 2 is 1.59 bits per heavy atom. The Labute approximate surface area is 250 Å². The number of carbonyl (C=O) groups is 1. The zero-order valence-corrected chi connectivity index (χ0v) is 27.4. The molecule has 1 amide bonds. The molecule has 11 atom stereocenters. The van der Waals surface area contributed by atoms with Crippen LogP contribution in [0.3, 0.4) is 0 Å². The van der Waals surface area contributed by atoms with Crippen molar-refractivity contribution in [2.75, 3.05) is 19.3 Å². The van der Waals surface area contributed by atoms with Gasteiger partial charge in [-0.3, -0.25) is 4.79 Å². The number of rotatable bonds is 8. The van der Waals surface area contributed by atoms with E-state index in [0.29, 0.717) is 54.9 Å². The van der Waals surface area contributed by atoms with Crippen molar-refractivity contribution in [1.82, 2.24) is 4.90 Å². The van der Waals surface area contributed by atoms with Crippen LogP contribution in [-0.2, 0) is 14.6 Å². The van der Waals surface area contributed by atoms with Gasteiger partial charge in [-0.05, 0) is 116 Å². The van der Waals surface area contributed by atoms with Crippen molar-refractivity contribution in [2.24, 2.45) is 52.3 Å². The van der Waals surface area contributed by atoms with Gasteiger partial charge in [-0.25, -0.2) is 8.42 Å². The quantitative estimate of drug-likeness (QED) is 0.368. The molecule has 5 saturated carbocycles. The normalized spacial score (nSPS) is 44.0. The van der Waals surface area contributed by atoms with Crippen molar-refractivity contribution in [3.8, 4) is 0 Å². The average molecular weight is 594 g/mol. The lowest BCUT2D eigenvalue weighted by Crippen LogP contribution is -2.62. The van der Waals surface area contributed by atoms with Crippen LogP contribution in [0.25, 0.3) is 0 Å². The molecule has 2 N–H and O–H groups in total. The Hall–Kier alpha value is -0.660. The lowest BCUT2D eigenvalue weighted by molar-refractivity contribution is -0.203. The summed E-state index contributed by atoms with van der Waals surface area (Å²) in [6, 6.07) is 0. The van der Waals surface area contributed by atoms with E-state index in [1.54, 1.807) is 11.9 Å². The molecule has 7 heteroatoms. The lowest BCUT2D eigenvalue weighted by atomic mass is 9.41. The van der Waals surface area contributed by atoms with Crippen LogP contribution in [0.2, 0.25) is 0 Å². The minimum atomic E-state index is -3.38. The van der Waals surface area contributed by atoms with Gasteiger partial charge in [0.25, 0.3) is 0 Å². The smallest absolute Gasteiger partial charge is 0.237 e. The topological polar surface area (TPSA) is 94.9 Å². The molecule has 5 aliphatic carbocycles. The van der Waals surface area contributed by atoms with E-state index in [1.165, 1.54) is 25.7 Å². The summed E-state index contributed by atoms with van der Waals surface area (Å²) in [6.45, 7) is 10.2. The highest BCUT2D eigenvalue weighted by Crippen LogP contribution is 2.69. The first kappa shape index (κ1) is 31.8. The second-order valence-corrected chi connectivity index (χ2v) is 18.1. The molecule has 0 aromatic rings. The molecule has 236 valence electrons. The van der Waals surface area contributed by atoms with Gasteiger partial charge in [0.1, 0.15) is 5.75 Å². The number of aliphatic hydroxyl groups excluding tert-OH is 2. The van der Waals surface area contributed by atoms with E-state index < -0.39 is 9.84 Å². The van der Waals surface area contributed by atoms with Gasteiger partial charge in [0, 0.05) is 13.6 Å². The Morgan fingerprint density at radius 3 is 2.27 bits per heavy atom. The third-order valence-electron chi connectivity index (χ3n) is 13.9. The summed E-state index contributed by atoms with van der Waals surface area (Å²) in [5, 5.41) is 22.2. The van der Waals surface area contributed by atoms with Gasteiger partial charge >= 0.3 is 0 Å². The molecule has 6 nitrogen and oxygen atoms in total. The van der Waals surface area contributed by atoms with Crippen LogP contribution in [0.1, 0.15) is 118 Å². The summed E-state index contributed by atoms with van der Waals surface area (Å²) in [5.41, 5.74) is 0.417. The van der Waals surface area contributed by atoms with E-state index in [-0.39, 0.29) is 45.9 Å². The van der Waals surface area contributed by atoms with E-state index in [1.807, 2.05) is 0 Å². The SMILES string of the molecule is CC[C@H]1[C@@H](O)[C@@H]2[C@H](CC[C@]3(C)[C@@H]([C@H](C)CCN(C)C(=O)CS(=O)(=O)C4CCCCC4)CC[C@@H]23)[C@@]2(C)CC[C@@H](O)C[C@@H]12. The molecule has 0 radical (unpaired) electrons. The van der Waals surface area contributed by atoms with Crippen LogP contribution in [0.15, 0.2) is 0 Å². The lowest BCUT2D eigenvalue weighted by Gasteiger charge is -2.64. The summed E-state index contributed by atoms with van der Waals surface area (Å²) in [7, 11) is -1.60. The highest BCUT2D eigenvalue weighted by molar-refractivity contribution is 7.92. The molecule has 0 aliphatic heterocycles. The molecule has 0 spiro atoms. The minimum Gasteiger partial charge on any atom is -0.393 e. The fraction of sp³-hybridized carbons (Fsp3) is 0.971. The van der Waals surface area contributed by atoms with Crippen molar-refractivity contribution < 1.29 is 23.4 Å². The van der Waals surface area contributed by atoms with E-state index in [2.05, 4.69) is 27.7 Å². The molecule has 0 aromatic heterocycles. The standard InChI is InChI=1S/C34H59NO5S/c1-6-25-29-20-23(36)14-17-34(29,4)28-15-18-33(3)26(12-13-27(33)31(28)32(25)38)22(2)16-19-35(5)30(37)21-41(39,40)24-10-8-7-9-11-24/h22-29,31-32,36,38H,6-21H2,1-5H3/t22-,23-,25-,26-,27+,28+,29+,31+,32-,33-,34-/m1/s1. The third kappa shape index (κ3) is 5.67. The predicted octanol–water partition coefficient (Wildman–Crippen LogP) is 5.85. The minimum absolute atomic E-state index is 0.199. The fourth-order valence-corrected chi connectivity index (χ4v) is 13.3. The molecule has 0 heterocycles. The zero-order chi connectivity index (χ0) is 29.7. The molecule has 5 rings (SSSR count). The number of fused-ring (bicyclic) bond motifs is 5. The zero-order valence-electron chi connectivity index (χ0n) is 26.6. The molecular weight excluding hydrogens is 534 g/mol. The molecule has 0 saturated heterocycles. The third-order valence-corrected chi connectivity index (χ3v) is 16.0. The highest BCUT2D eigenvalue weighted by atomic mass is 32.2. The Kier molecular flexibility index (Phi) is 9.32. The molecular formula is C34H59NO5S. The summed E-state index contributed by atoms with van der Waals surface area (Å²) in [5.74, 6) is 2.53. The van der Waals surface area contributed by atoms with Gasteiger partial charge in [0.05, 0.1) is 17.5 Å². The van der Waals surface area contributed by atoms with E-state index >= 15 is 0 Å². The van der Waals surface area contributed by atoms with Crippen LogP contribution < -0.4 is 0 Å². The Balaban J connectivity index is 1.23. The number of carbonyl (C=O) groups excluding carboxylic acids is 1. The second-order valence-electron chi connectivity index (χ2n) is 15.8. The first-order valence-corrected chi connectivity index (χ1v) is 18.9. The second kappa shape index (κ2) is 12.0. The average Bonchev–Trinajstić information content (AvgIpc) is 3.30. The molecule has 41 heavy (non-hydrogen) atoms. The molecule has 0 aromatic carbocycles. The monoisotopic (exact) mass is 593 g/mol. The number of hydrogen-bond donors (Lipinski definition) is 2. The van der Waals surface area contributed by atoms with Gasteiger partial charge in [0.15, 0.2) is 9.84 Å². The van der Waals surface area contributed by atoms with Gasteiger partial charge in [-0.2, -0.15) is 0 Å². The fourth-order valence-electron chi connectivity index (χ4n) is 11.5. The summed E-state index contributed by atoms with van der Waals surface area (Å²) in [4.78, 5) is 14.6.